The number of carbonyl (C=O) groups is 2. The first-order valence-electron chi connectivity index (χ1n) is 9.96. The number of esters is 1. The van der Waals surface area contributed by atoms with Crippen LogP contribution in [0.3, 0.4) is 0 Å². The van der Waals surface area contributed by atoms with Gasteiger partial charge in [0.25, 0.3) is 11.5 Å². The summed E-state index contributed by atoms with van der Waals surface area (Å²) < 4.78 is 11.9. The summed E-state index contributed by atoms with van der Waals surface area (Å²) in [7, 11) is 1.50. The predicted molar refractivity (Wildman–Crippen MR) is 117 cm³/mol. The fraction of sp³-hybridized carbons (Fsp3) is 0.304. The highest BCUT2D eigenvalue weighted by Crippen LogP contribution is 2.23. The molecular weight excluding hydrogens is 398 g/mol. The largest absolute Gasteiger partial charge is 0.495 e. The van der Waals surface area contributed by atoms with Crippen molar-refractivity contribution in [1.29, 1.82) is 0 Å². The van der Waals surface area contributed by atoms with Crippen LogP contribution in [0.5, 0.6) is 5.75 Å². The fourth-order valence-corrected chi connectivity index (χ4v) is 3.11. The summed E-state index contributed by atoms with van der Waals surface area (Å²) in [6.07, 6.45) is -1.09. The standard InChI is InChI=1S/C23H25N3O5/c1-14(2)13-26-22(28)17-10-6-5-9-16(17)20(25-26)23(29)31-15(3)21(27)24-18-11-7-8-12-19(18)30-4/h5-12,14-15H,13H2,1-4H3,(H,24,27)/t15-/m0/s1. The first kappa shape index (κ1) is 22.0. The minimum atomic E-state index is -1.09. The van der Waals surface area contributed by atoms with Gasteiger partial charge in [-0.1, -0.05) is 44.2 Å². The third kappa shape index (κ3) is 4.91. The number of ether oxygens (including phenoxy) is 2. The summed E-state index contributed by atoms with van der Waals surface area (Å²) in [5, 5.41) is 7.68. The van der Waals surface area contributed by atoms with Gasteiger partial charge in [0.1, 0.15) is 5.75 Å². The normalized spacial score (nSPS) is 11.9. The van der Waals surface area contributed by atoms with Crippen LogP contribution >= 0.6 is 0 Å². The number of nitrogens with zero attached hydrogens (tertiary/aromatic N) is 2. The molecule has 8 nitrogen and oxygen atoms in total. The Kier molecular flexibility index (Phi) is 6.69. The fourth-order valence-electron chi connectivity index (χ4n) is 3.11. The molecule has 0 radical (unpaired) electrons. The molecule has 2 aromatic carbocycles. The smallest absolute Gasteiger partial charge is 0.360 e. The number of fused-ring (bicyclic) bond motifs is 1. The molecule has 0 aliphatic rings. The lowest BCUT2D eigenvalue weighted by Gasteiger charge is -2.16. The number of amides is 1. The van der Waals surface area contributed by atoms with Gasteiger partial charge in [0.2, 0.25) is 0 Å². The highest BCUT2D eigenvalue weighted by atomic mass is 16.5. The van der Waals surface area contributed by atoms with E-state index in [4.69, 9.17) is 9.47 Å². The maximum Gasteiger partial charge on any atom is 0.360 e. The number of aromatic nitrogens is 2. The lowest BCUT2D eigenvalue weighted by atomic mass is 10.1. The molecule has 8 heteroatoms. The molecule has 0 saturated heterocycles. The molecule has 1 N–H and O–H groups in total. The maximum absolute atomic E-state index is 12.9. The van der Waals surface area contributed by atoms with E-state index < -0.39 is 18.0 Å². The summed E-state index contributed by atoms with van der Waals surface area (Å²) in [6, 6.07) is 13.6. The van der Waals surface area contributed by atoms with Gasteiger partial charge < -0.3 is 14.8 Å². The number of methoxy groups -OCH3 is 1. The molecule has 1 atom stereocenters. The maximum atomic E-state index is 12.9. The monoisotopic (exact) mass is 423 g/mol. The molecule has 3 aromatic rings. The number of hydrogen-bond acceptors (Lipinski definition) is 6. The molecule has 1 amide bonds. The number of anilines is 1. The molecular formula is C23H25N3O5. The Labute approximate surface area is 179 Å². The zero-order valence-electron chi connectivity index (χ0n) is 17.9. The van der Waals surface area contributed by atoms with E-state index in [1.807, 2.05) is 13.8 Å². The Hall–Kier alpha value is -3.68. The van der Waals surface area contributed by atoms with E-state index in [2.05, 4.69) is 10.4 Å². The molecule has 162 valence electrons. The van der Waals surface area contributed by atoms with Gasteiger partial charge in [-0.2, -0.15) is 5.10 Å². The number of carbonyl (C=O) groups excluding carboxylic acids is 2. The molecule has 0 aliphatic heterocycles. The van der Waals surface area contributed by atoms with Crippen molar-refractivity contribution in [3.8, 4) is 5.75 Å². The lowest BCUT2D eigenvalue weighted by molar-refractivity contribution is -0.123. The zero-order valence-corrected chi connectivity index (χ0v) is 17.9. The second kappa shape index (κ2) is 9.42. The Morgan fingerprint density at radius 3 is 2.35 bits per heavy atom. The summed E-state index contributed by atoms with van der Waals surface area (Å²) in [5.41, 5.74) is 0.183. The third-order valence-electron chi connectivity index (χ3n) is 4.62. The Bertz CT molecular complexity index is 1170. The molecule has 3 rings (SSSR count). The summed E-state index contributed by atoms with van der Waals surface area (Å²) in [6.45, 7) is 5.72. The minimum absolute atomic E-state index is 0.00667. The van der Waals surface area contributed by atoms with Crippen LogP contribution in [0, 0.1) is 5.92 Å². The molecule has 1 aromatic heterocycles. The van der Waals surface area contributed by atoms with E-state index in [0.717, 1.165) is 0 Å². The van der Waals surface area contributed by atoms with Gasteiger partial charge in [0, 0.05) is 11.9 Å². The lowest BCUT2D eigenvalue weighted by Crippen LogP contribution is -2.32. The van der Waals surface area contributed by atoms with Crippen LogP contribution in [0.25, 0.3) is 10.8 Å². The Morgan fingerprint density at radius 2 is 1.68 bits per heavy atom. The number of rotatable bonds is 7. The molecule has 31 heavy (non-hydrogen) atoms. The van der Waals surface area contributed by atoms with E-state index in [-0.39, 0.29) is 17.2 Å². The van der Waals surface area contributed by atoms with Crippen molar-refractivity contribution >= 4 is 28.3 Å². The van der Waals surface area contributed by atoms with Crippen LogP contribution in [0.2, 0.25) is 0 Å². The highest BCUT2D eigenvalue weighted by Gasteiger charge is 2.24. The molecule has 1 heterocycles. The van der Waals surface area contributed by atoms with Gasteiger partial charge in [-0.25, -0.2) is 9.48 Å². The van der Waals surface area contributed by atoms with E-state index >= 15 is 0 Å². The number of benzene rings is 2. The Balaban J connectivity index is 1.86. The van der Waals surface area contributed by atoms with Crippen molar-refractivity contribution in [3.63, 3.8) is 0 Å². The van der Waals surface area contributed by atoms with E-state index in [1.165, 1.54) is 18.7 Å². The highest BCUT2D eigenvalue weighted by molar-refractivity contribution is 6.04. The average molecular weight is 423 g/mol. The zero-order chi connectivity index (χ0) is 22.5. The van der Waals surface area contributed by atoms with Crippen molar-refractivity contribution in [2.45, 2.75) is 33.4 Å². The number of nitrogens with one attached hydrogen (secondary N) is 1. The topological polar surface area (TPSA) is 99.5 Å². The van der Waals surface area contributed by atoms with Gasteiger partial charge in [-0.15, -0.1) is 0 Å². The van der Waals surface area contributed by atoms with E-state index in [1.54, 1.807) is 48.5 Å². The van der Waals surface area contributed by atoms with Gasteiger partial charge in [-0.05, 0) is 31.0 Å². The van der Waals surface area contributed by atoms with Gasteiger partial charge in [0.05, 0.1) is 18.2 Å². The van der Waals surface area contributed by atoms with Crippen LogP contribution in [0.1, 0.15) is 31.3 Å². The summed E-state index contributed by atoms with van der Waals surface area (Å²) >= 11 is 0. The van der Waals surface area contributed by atoms with Gasteiger partial charge in [-0.3, -0.25) is 9.59 Å². The summed E-state index contributed by atoms with van der Waals surface area (Å²) in [4.78, 5) is 38.2. The first-order valence-corrected chi connectivity index (χ1v) is 9.96. The molecule has 0 unspecified atom stereocenters. The number of hydrogen-bond donors (Lipinski definition) is 1. The van der Waals surface area contributed by atoms with Crippen LogP contribution in [-0.4, -0.2) is 34.9 Å². The van der Waals surface area contributed by atoms with Crippen molar-refractivity contribution in [2.24, 2.45) is 5.92 Å². The van der Waals surface area contributed by atoms with Crippen LogP contribution < -0.4 is 15.6 Å². The second-order valence-electron chi connectivity index (χ2n) is 7.51. The molecule has 0 spiro atoms. The average Bonchev–Trinajstić information content (AvgIpc) is 2.75. The minimum Gasteiger partial charge on any atom is -0.495 e. The first-order chi connectivity index (χ1) is 14.8. The Morgan fingerprint density at radius 1 is 1.03 bits per heavy atom. The SMILES string of the molecule is COc1ccccc1NC(=O)[C@H](C)OC(=O)c1nn(CC(C)C)c(=O)c2ccccc12. The van der Waals surface area contributed by atoms with Crippen molar-refractivity contribution in [1.82, 2.24) is 9.78 Å². The van der Waals surface area contributed by atoms with Crippen LogP contribution in [0.4, 0.5) is 5.69 Å². The van der Waals surface area contributed by atoms with Crippen LogP contribution in [-0.2, 0) is 16.1 Å². The van der Waals surface area contributed by atoms with Gasteiger partial charge >= 0.3 is 5.97 Å². The van der Waals surface area contributed by atoms with Crippen molar-refractivity contribution in [2.75, 3.05) is 12.4 Å². The van der Waals surface area contributed by atoms with Crippen molar-refractivity contribution in [3.05, 3.63) is 64.6 Å². The van der Waals surface area contributed by atoms with Crippen LogP contribution in [0.15, 0.2) is 53.3 Å². The van der Waals surface area contributed by atoms with Crippen molar-refractivity contribution < 1.29 is 19.1 Å². The van der Waals surface area contributed by atoms with E-state index in [9.17, 15) is 14.4 Å². The summed E-state index contributed by atoms with van der Waals surface area (Å²) in [5.74, 6) is -0.655. The second-order valence-corrected chi connectivity index (χ2v) is 7.51. The molecule has 0 bridgehead atoms. The molecule has 0 saturated carbocycles. The third-order valence-corrected chi connectivity index (χ3v) is 4.62. The van der Waals surface area contributed by atoms with E-state index in [0.29, 0.717) is 28.8 Å². The molecule has 0 fully saturated rings. The predicted octanol–water partition coefficient (Wildman–Crippen LogP) is 3.25. The quantitative estimate of drug-likeness (QED) is 0.586. The number of para-hydroxylation sites is 2. The molecule has 0 aliphatic carbocycles. The van der Waals surface area contributed by atoms with Gasteiger partial charge in [0.15, 0.2) is 11.8 Å².